The molecule has 0 aromatic heterocycles. The van der Waals surface area contributed by atoms with Gasteiger partial charge >= 0.3 is 12.1 Å². The van der Waals surface area contributed by atoms with E-state index in [-0.39, 0.29) is 18.7 Å². The summed E-state index contributed by atoms with van der Waals surface area (Å²) >= 11 is 0. The Morgan fingerprint density at radius 2 is 1.71 bits per heavy atom. The van der Waals surface area contributed by atoms with Crippen molar-refractivity contribution in [3.05, 3.63) is 59.7 Å². The highest BCUT2D eigenvalue weighted by molar-refractivity contribution is 5.75. The normalized spacial score (nSPS) is 11.0. The molecular formula is C26H37N3O5. The van der Waals surface area contributed by atoms with Crippen molar-refractivity contribution >= 4 is 12.1 Å². The molecule has 0 bridgehead atoms. The summed E-state index contributed by atoms with van der Waals surface area (Å²) in [5.74, 6) is 1.21. The topological polar surface area (TPSA) is 89.1 Å². The predicted octanol–water partition coefficient (Wildman–Crippen LogP) is 4.72. The van der Waals surface area contributed by atoms with Gasteiger partial charge in [-0.2, -0.15) is 0 Å². The molecule has 0 atom stereocenters. The molecule has 0 saturated carbocycles. The maximum Gasteiger partial charge on any atom is 0.407 e. The van der Waals surface area contributed by atoms with E-state index in [4.69, 9.17) is 14.2 Å². The third-order valence-electron chi connectivity index (χ3n) is 4.60. The number of benzene rings is 2. The molecule has 0 fully saturated rings. The van der Waals surface area contributed by atoms with Crippen LogP contribution in [0, 0.1) is 0 Å². The van der Waals surface area contributed by atoms with E-state index < -0.39 is 11.6 Å². The van der Waals surface area contributed by atoms with Gasteiger partial charge in [-0.15, -0.1) is 0 Å². The highest BCUT2D eigenvalue weighted by Gasteiger charge is 2.21. The number of urea groups is 1. The molecule has 0 aliphatic rings. The first kappa shape index (κ1) is 26.8. The molecule has 2 rings (SSSR count). The molecule has 0 radical (unpaired) electrons. The molecule has 2 aromatic rings. The highest BCUT2D eigenvalue weighted by atomic mass is 16.6. The second-order valence-electron chi connectivity index (χ2n) is 9.24. The van der Waals surface area contributed by atoms with Crippen LogP contribution in [0.2, 0.25) is 0 Å². The van der Waals surface area contributed by atoms with Gasteiger partial charge < -0.3 is 29.7 Å². The lowest BCUT2D eigenvalue weighted by atomic mass is 10.1. The van der Waals surface area contributed by atoms with Crippen LogP contribution in [0.4, 0.5) is 9.59 Å². The average Bonchev–Trinajstić information content (AvgIpc) is 2.76. The van der Waals surface area contributed by atoms with E-state index >= 15 is 0 Å². The van der Waals surface area contributed by atoms with Gasteiger partial charge in [0.05, 0.1) is 13.2 Å². The fraction of sp³-hybridized carbons (Fsp3) is 0.462. The number of alkyl carbamates (subject to hydrolysis) is 1. The summed E-state index contributed by atoms with van der Waals surface area (Å²) in [4.78, 5) is 26.3. The molecule has 34 heavy (non-hydrogen) atoms. The van der Waals surface area contributed by atoms with Crippen LogP contribution in [0.5, 0.6) is 11.5 Å². The largest absolute Gasteiger partial charge is 0.493 e. The van der Waals surface area contributed by atoms with Crippen LogP contribution in [0.25, 0.3) is 0 Å². The summed E-state index contributed by atoms with van der Waals surface area (Å²) in [5.41, 5.74) is 1.53. The van der Waals surface area contributed by atoms with Crippen molar-refractivity contribution in [2.75, 3.05) is 20.2 Å². The van der Waals surface area contributed by atoms with Crippen molar-refractivity contribution < 1.29 is 23.8 Å². The molecule has 8 nitrogen and oxygen atoms in total. The molecule has 3 amide bonds. The van der Waals surface area contributed by atoms with Crippen molar-refractivity contribution in [1.29, 1.82) is 0 Å². The maximum absolute atomic E-state index is 12.9. The lowest BCUT2D eigenvalue weighted by molar-refractivity contribution is 0.114. The van der Waals surface area contributed by atoms with Crippen molar-refractivity contribution in [2.24, 2.45) is 0 Å². The van der Waals surface area contributed by atoms with Crippen molar-refractivity contribution in [3.8, 4) is 11.5 Å². The Labute approximate surface area is 202 Å². The zero-order valence-corrected chi connectivity index (χ0v) is 21.0. The van der Waals surface area contributed by atoms with Gasteiger partial charge in [0.1, 0.15) is 6.61 Å². The Morgan fingerprint density at radius 3 is 2.32 bits per heavy atom. The van der Waals surface area contributed by atoms with Crippen LogP contribution in [-0.4, -0.2) is 48.9 Å². The molecule has 0 aliphatic heterocycles. The first-order valence-corrected chi connectivity index (χ1v) is 11.4. The summed E-state index contributed by atoms with van der Waals surface area (Å²) in [5, 5.41) is 5.66. The second kappa shape index (κ2) is 12.7. The molecule has 0 spiro atoms. The number of nitrogens with zero attached hydrogens (tertiary/aromatic N) is 1. The summed E-state index contributed by atoms with van der Waals surface area (Å²) in [6, 6.07) is 15.3. The Hall–Kier alpha value is -3.42. The number of ether oxygens (including phenoxy) is 3. The van der Waals surface area contributed by atoms with E-state index in [2.05, 4.69) is 10.6 Å². The second-order valence-corrected chi connectivity index (χ2v) is 9.24. The first-order valence-electron chi connectivity index (χ1n) is 11.4. The number of hydrogen-bond acceptors (Lipinski definition) is 5. The minimum absolute atomic E-state index is 0.213. The summed E-state index contributed by atoms with van der Waals surface area (Å²) < 4.78 is 16.6. The number of carbonyl (C=O) groups excluding carboxylic acids is 2. The molecule has 2 N–H and O–H groups in total. The lowest BCUT2D eigenvalue weighted by Gasteiger charge is -2.29. The Bertz CT molecular complexity index is 926. The molecule has 0 saturated heterocycles. The van der Waals surface area contributed by atoms with Crippen LogP contribution < -0.4 is 20.1 Å². The molecule has 0 heterocycles. The van der Waals surface area contributed by atoms with E-state index in [0.29, 0.717) is 31.2 Å². The standard InChI is InChI=1S/C26H37N3O5/c1-19(2)34-25(31)27-14-15-29(24(30)28-26(3,4)5)17-21-12-13-22(23(16-21)32-6)33-18-20-10-8-7-9-11-20/h7-13,16,19H,14-15,17-18H2,1-6H3,(H,27,31)(H,28,30). The smallest absolute Gasteiger partial charge is 0.407 e. The fourth-order valence-corrected chi connectivity index (χ4v) is 3.09. The number of nitrogens with one attached hydrogen (secondary N) is 2. The van der Waals surface area contributed by atoms with Gasteiger partial charge in [-0.25, -0.2) is 9.59 Å². The van der Waals surface area contributed by atoms with Gasteiger partial charge in [0.2, 0.25) is 0 Å². The van der Waals surface area contributed by atoms with Gasteiger partial charge in [0, 0.05) is 25.2 Å². The number of carbonyl (C=O) groups is 2. The van der Waals surface area contributed by atoms with Gasteiger partial charge in [-0.3, -0.25) is 0 Å². The van der Waals surface area contributed by atoms with Crippen LogP contribution in [0.1, 0.15) is 45.7 Å². The van der Waals surface area contributed by atoms with E-state index in [9.17, 15) is 9.59 Å². The van der Waals surface area contributed by atoms with Crippen LogP contribution in [0.3, 0.4) is 0 Å². The SMILES string of the molecule is COc1cc(CN(CCNC(=O)OC(C)C)C(=O)NC(C)(C)C)ccc1OCc1ccccc1. The molecular weight excluding hydrogens is 434 g/mol. The summed E-state index contributed by atoms with van der Waals surface area (Å²) in [7, 11) is 1.59. The predicted molar refractivity (Wildman–Crippen MR) is 132 cm³/mol. The monoisotopic (exact) mass is 471 g/mol. The Morgan fingerprint density at radius 1 is 1.00 bits per heavy atom. The molecule has 8 heteroatoms. The molecule has 0 aliphatic carbocycles. The van der Waals surface area contributed by atoms with E-state index in [1.54, 1.807) is 25.9 Å². The maximum atomic E-state index is 12.9. The molecule has 0 unspecified atom stereocenters. The van der Waals surface area contributed by atoms with Gasteiger partial charge in [0.15, 0.2) is 11.5 Å². The zero-order valence-electron chi connectivity index (χ0n) is 21.0. The quantitative estimate of drug-likeness (QED) is 0.523. The van der Waals surface area contributed by atoms with Crippen molar-refractivity contribution in [3.63, 3.8) is 0 Å². The summed E-state index contributed by atoms with van der Waals surface area (Å²) in [6.07, 6.45) is -0.719. The zero-order chi connectivity index (χ0) is 25.1. The van der Waals surface area contributed by atoms with Crippen LogP contribution >= 0.6 is 0 Å². The minimum Gasteiger partial charge on any atom is -0.493 e. The Kier molecular flexibility index (Phi) is 10.0. The van der Waals surface area contributed by atoms with Gasteiger partial charge in [-0.05, 0) is 57.9 Å². The van der Waals surface area contributed by atoms with Gasteiger partial charge in [-0.1, -0.05) is 36.4 Å². The average molecular weight is 472 g/mol. The molecule has 186 valence electrons. The van der Waals surface area contributed by atoms with E-state index in [1.807, 2.05) is 69.3 Å². The van der Waals surface area contributed by atoms with E-state index in [1.165, 1.54) is 0 Å². The lowest BCUT2D eigenvalue weighted by Crippen LogP contribution is -2.50. The van der Waals surface area contributed by atoms with Crippen LogP contribution in [0.15, 0.2) is 48.5 Å². The highest BCUT2D eigenvalue weighted by Crippen LogP contribution is 2.29. The van der Waals surface area contributed by atoms with E-state index in [0.717, 1.165) is 11.1 Å². The van der Waals surface area contributed by atoms with Crippen molar-refractivity contribution in [2.45, 2.75) is 59.4 Å². The third kappa shape index (κ3) is 9.60. The van der Waals surface area contributed by atoms with Crippen molar-refractivity contribution in [1.82, 2.24) is 15.5 Å². The fourth-order valence-electron chi connectivity index (χ4n) is 3.09. The number of methoxy groups -OCH3 is 1. The first-order chi connectivity index (χ1) is 16.1. The summed E-state index contributed by atoms with van der Waals surface area (Å²) in [6.45, 7) is 10.7. The number of amides is 3. The number of rotatable bonds is 10. The third-order valence-corrected chi connectivity index (χ3v) is 4.60. The minimum atomic E-state index is -0.507. The number of hydrogen-bond donors (Lipinski definition) is 2. The van der Waals surface area contributed by atoms with Gasteiger partial charge in [0.25, 0.3) is 0 Å². The Balaban J connectivity index is 2.08. The molecule has 2 aromatic carbocycles. The van der Waals surface area contributed by atoms with Crippen LogP contribution in [-0.2, 0) is 17.9 Å².